The summed E-state index contributed by atoms with van der Waals surface area (Å²) in [5, 5.41) is 13.1. The van der Waals surface area contributed by atoms with E-state index >= 15 is 0 Å². The van der Waals surface area contributed by atoms with E-state index < -0.39 is 11.8 Å². The van der Waals surface area contributed by atoms with Gasteiger partial charge in [-0.15, -0.1) is 0 Å². The van der Waals surface area contributed by atoms with Crippen molar-refractivity contribution in [2.24, 2.45) is 0 Å². The predicted molar refractivity (Wildman–Crippen MR) is 81.4 cm³/mol. The lowest BCUT2D eigenvalue weighted by molar-refractivity contribution is -0.135. The Morgan fingerprint density at radius 3 is 2.81 bits per heavy atom. The van der Waals surface area contributed by atoms with Gasteiger partial charge in [-0.2, -0.15) is 0 Å². The van der Waals surface area contributed by atoms with Crippen LogP contribution in [0.25, 0.3) is 10.8 Å². The van der Waals surface area contributed by atoms with Crippen LogP contribution in [0.15, 0.2) is 24.4 Å². The first-order valence-corrected chi connectivity index (χ1v) is 6.67. The van der Waals surface area contributed by atoms with E-state index in [1.54, 1.807) is 25.4 Å². The summed E-state index contributed by atoms with van der Waals surface area (Å²) in [6.07, 6.45) is 1.61. The van der Waals surface area contributed by atoms with Gasteiger partial charge in [-0.3, -0.25) is 4.79 Å². The number of nitrogens with one attached hydrogen (secondary N) is 1. The van der Waals surface area contributed by atoms with Gasteiger partial charge in [-0.1, -0.05) is 12.1 Å². The molecular formula is C15H18FN3O2. The standard InChI is InChI=1S/C15H18FN3O2/c1-9(2)18-12-7-17-15(19(3)8-13(20)21)14-10(12)5-4-6-11(14)16/h4-7,9,18H,8H2,1-3H3,(H,20,21). The van der Waals surface area contributed by atoms with Crippen molar-refractivity contribution >= 4 is 28.2 Å². The molecule has 1 heterocycles. The number of hydrogen-bond acceptors (Lipinski definition) is 4. The summed E-state index contributed by atoms with van der Waals surface area (Å²) in [6.45, 7) is 3.72. The molecule has 21 heavy (non-hydrogen) atoms. The normalized spacial score (nSPS) is 10.9. The Kier molecular flexibility index (Phi) is 4.26. The lowest BCUT2D eigenvalue weighted by atomic mass is 10.1. The van der Waals surface area contributed by atoms with Crippen LogP contribution in [0.1, 0.15) is 13.8 Å². The van der Waals surface area contributed by atoms with E-state index in [-0.39, 0.29) is 12.6 Å². The number of fused-ring (bicyclic) bond motifs is 1. The first kappa shape index (κ1) is 15.0. The van der Waals surface area contributed by atoms with E-state index in [1.165, 1.54) is 11.0 Å². The minimum absolute atomic E-state index is 0.181. The first-order valence-electron chi connectivity index (χ1n) is 6.67. The van der Waals surface area contributed by atoms with Crippen LogP contribution >= 0.6 is 0 Å². The molecule has 1 aromatic heterocycles. The minimum Gasteiger partial charge on any atom is -0.480 e. The van der Waals surface area contributed by atoms with Crippen molar-refractivity contribution in [2.45, 2.75) is 19.9 Å². The molecule has 0 spiro atoms. The number of aliphatic carboxylic acids is 1. The largest absolute Gasteiger partial charge is 0.480 e. The Labute approximate surface area is 122 Å². The van der Waals surface area contributed by atoms with Gasteiger partial charge in [0, 0.05) is 18.5 Å². The average Bonchev–Trinajstić information content (AvgIpc) is 2.38. The molecule has 0 saturated heterocycles. The molecule has 0 amide bonds. The molecule has 0 radical (unpaired) electrons. The monoisotopic (exact) mass is 291 g/mol. The Morgan fingerprint density at radius 1 is 1.48 bits per heavy atom. The van der Waals surface area contributed by atoms with Crippen LogP contribution in [0, 0.1) is 5.82 Å². The second kappa shape index (κ2) is 5.95. The summed E-state index contributed by atoms with van der Waals surface area (Å²) >= 11 is 0. The molecule has 0 fully saturated rings. The molecule has 2 aromatic rings. The highest BCUT2D eigenvalue weighted by Gasteiger charge is 2.16. The maximum absolute atomic E-state index is 14.2. The SMILES string of the molecule is CC(C)Nc1cnc(N(C)CC(=O)O)c2c(F)cccc12. The number of carboxylic acids is 1. The average molecular weight is 291 g/mol. The van der Waals surface area contributed by atoms with Crippen molar-refractivity contribution in [1.29, 1.82) is 0 Å². The van der Waals surface area contributed by atoms with E-state index in [4.69, 9.17) is 5.11 Å². The number of halogens is 1. The van der Waals surface area contributed by atoms with Crippen molar-refractivity contribution < 1.29 is 14.3 Å². The maximum atomic E-state index is 14.2. The van der Waals surface area contributed by atoms with Crippen molar-refractivity contribution in [3.8, 4) is 0 Å². The fourth-order valence-electron chi connectivity index (χ4n) is 2.23. The van der Waals surface area contributed by atoms with Crippen molar-refractivity contribution in [2.75, 3.05) is 23.8 Å². The second-order valence-corrected chi connectivity index (χ2v) is 5.21. The Hall–Kier alpha value is -2.37. The van der Waals surface area contributed by atoms with Gasteiger partial charge in [0.05, 0.1) is 17.3 Å². The number of hydrogen-bond donors (Lipinski definition) is 2. The zero-order valence-electron chi connectivity index (χ0n) is 12.2. The van der Waals surface area contributed by atoms with E-state index in [0.29, 0.717) is 16.6 Å². The third-order valence-electron chi connectivity index (χ3n) is 3.02. The van der Waals surface area contributed by atoms with Gasteiger partial charge in [-0.25, -0.2) is 9.37 Å². The number of anilines is 2. The predicted octanol–water partition coefficient (Wildman–Crippen LogP) is 2.72. The summed E-state index contributed by atoms with van der Waals surface area (Å²) in [7, 11) is 1.58. The summed E-state index contributed by atoms with van der Waals surface area (Å²) < 4.78 is 14.2. The lowest BCUT2D eigenvalue weighted by Gasteiger charge is -2.20. The molecule has 0 aliphatic heterocycles. The summed E-state index contributed by atoms with van der Waals surface area (Å²) in [4.78, 5) is 16.5. The maximum Gasteiger partial charge on any atom is 0.323 e. The summed E-state index contributed by atoms with van der Waals surface area (Å²) in [5.41, 5.74) is 0.729. The van der Waals surface area contributed by atoms with E-state index in [2.05, 4.69) is 10.3 Å². The Balaban J connectivity index is 2.61. The van der Waals surface area contributed by atoms with Gasteiger partial charge in [0.25, 0.3) is 0 Å². The fourth-order valence-corrected chi connectivity index (χ4v) is 2.23. The third kappa shape index (κ3) is 3.21. The van der Waals surface area contributed by atoms with Crippen molar-refractivity contribution in [3.05, 3.63) is 30.2 Å². The van der Waals surface area contributed by atoms with Crippen LogP contribution in [-0.2, 0) is 4.79 Å². The topological polar surface area (TPSA) is 65.5 Å². The molecule has 0 aliphatic carbocycles. The zero-order valence-corrected chi connectivity index (χ0v) is 12.2. The fraction of sp³-hybridized carbons (Fsp3) is 0.333. The van der Waals surface area contributed by atoms with Gasteiger partial charge in [-0.05, 0) is 19.9 Å². The number of benzene rings is 1. The molecule has 0 atom stereocenters. The quantitative estimate of drug-likeness (QED) is 0.886. The van der Waals surface area contributed by atoms with Crippen molar-refractivity contribution in [3.63, 3.8) is 0 Å². The van der Waals surface area contributed by atoms with Crippen LogP contribution in [0.3, 0.4) is 0 Å². The Bertz CT molecular complexity index is 673. The molecule has 0 saturated carbocycles. The Morgan fingerprint density at radius 2 is 2.19 bits per heavy atom. The van der Waals surface area contributed by atoms with Gasteiger partial charge >= 0.3 is 5.97 Å². The number of aromatic nitrogens is 1. The number of carbonyl (C=O) groups is 1. The lowest BCUT2D eigenvalue weighted by Crippen LogP contribution is -2.26. The van der Waals surface area contributed by atoms with E-state index in [9.17, 15) is 9.18 Å². The smallest absolute Gasteiger partial charge is 0.323 e. The molecular weight excluding hydrogens is 273 g/mol. The second-order valence-electron chi connectivity index (χ2n) is 5.21. The van der Waals surface area contributed by atoms with Crippen LogP contribution in [0.4, 0.5) is 15.9 Å². The first-order chi connectivity index (χ1) is 9.90. The van der Waals surface area contributed by atoms with Crippen LogP contribution in [-0.4, -0.2) is 35.7 Å². The van der Waals surface area contributed by atoms with E-state index in [1.807, 2.05) is 13.8 Å². The molecule has 0 bridgehead atoms. The highest BCUT2D eigenvalue weighted by Crippen LogP contribution is 2.32. The van der Waals surface area contributed by atoms with E-state index in [0.717, 1.165) is 5.69 Å². The molecule has 2 rings (SSSR count). The van der Waals surface area contributed by atoms with Gasteiger partial charge in [0.15, 0.2) is 0 Å². The highest BCUT2D eigenvalue weighted by molar-refractivity contribution is 6.01. The van der Waals surface area contributed by atoms with Gasteiger partial charge in [0.1, 0.15) is 18.2 Å². The molecule has 0 unspecified atom stereocenters. The van der Waals surface area contributed by atoms with Crippen LogP contribution < -0.4 is 10.2 Å². The summed E-state index contributed by atoms with van der Waals surface area (Å²) in [5.74, 6) is -1.09. The highest BCUT2D eigenvalue weighted by atomic mass is 19.1. The molecule has 5 nitrogen and oxygen atoms in total. The number of rotatable bonds is 5. The van der Waals surface area contributed by atoms with Crippen LogP contribution in [0.5, 0.6) is 0 Å². The zero-order chi connectivity index (χ0) is 15.6. The van der Waals surface area contributed by atoms with Crippen LogP contribution in [0.2, 0.25) is 0 Å². The molecule has 0 aliphatic rings. The number of pyridine rings is 1. The van der Waals surface area contributed by atoms with Gasteiger partial charge < -0.3 is 15.3 Å². The minimum atomic E-state index is -0.992. The molecule has 112 valence electrons. The molecule has 6 heteroatoms. The molecule has 2 N–H and O–H groups in total. The number of likely N-dealkylation sites (N-methyl/N-ethyl adjacent to an activating group) is 1. The van der Waals surface area contributed by atoms with Gasteiger partial charge in [0.2, 0.25) is 0 Å². The van der Waals surface area contributed by atoms with Crippen molar-refractivity contribution in [1.82, 2.24) is 4.98 Å². The third-order valence-corrected chi connectivity index (χ3v) is 3.02. The number of carboxylic acid groups (broad SMARTS) is 1. The molecule has 1 aromatic carbocycles. The summed E-state index contributed by atoms with van der Waals surface area (Å²) in [6, 6.07) is 4.95. The number of nitrogens with zero attached hydrogens (tertiary/aromatic N) is 2.